The van der Waals surface area contributed by atoms with Crippen LogP contribution in [0.1, 0.15) is 51.4 Å². The van der Waals surface area contributed by atoms with Crippen molar-refractivity contribution in [2.75, 3.05) is 0 Å². The number of nitrogens with zero attached hydrogens (tertiary/aromatic N) is 1. The first-order chi connectivity index (χ1) is 6.42. The molecule has 2 rings (SSSR count). The van der Waals surface area contributed by atoms with E-state index >= 15 is 0 Å². The van der Waals surface area contributed by atoms with E-state index in [0.717, 1.165) is 11.8 Å². The highest BCUT2D eigenvalue weighted by Gasteiger charge is 2.33. The molecule has 0 amide bonds. The normalized spacial score (nSPS) is 27.6. The van der Waals surface area contributed by atoms with Gasteiger partial charge in [0.25, 0.3) is 0 Å². The van der Waals surface area contributed by atoms with Crippen LogP contribution in [-0.4, -0.2) is 0 Å². The van der Waals surface area contributed by atoms with Crippen molar-refractivity contribution in [3.63, 3.8) is 0 Å². The molecule has 0 saturated heterocycles. The topological polar surface area (TPSA) is 23.8 Å². The maximum atomic E-state index is 9.16. The van der Waals surface area contributed by atoms with Crippen molar-refractivity contribution >= 4 is 0 Å². The summed E-state index contributed by atoms with van der Waals surface area (Å²) in [6, 6.07) is 2.57. The van der Waals surface area contributed by atoms with Crippen molar-refractivity contribution < 1.29 is 0 Å². The molecular formula is C12H19N. The van der Waals surface area contributed by atoms with Crippen LogP contribution in [0.2, 0.25) is 0 Å². The summed E-state index contributed by atoms with van der Waals surface area (Å²) in [4.78, 5) is 0. The van der Waals surface area contributed by atoms with Gasteiger partial charge in [-0.1, -0.05) is 25.7 Å². The fourth-order valence-corrected chi connectivity index (χ4v) is 2.89. The summed E-state index contributed by atoms with van der Waals surface area (Å²) in [5, 5.41) is 9.16. The van der Waals surface area contributed by atoms with Crippen LogP contribution in [0.5, 0.6) is 0 Å². The smallest absolute Gasteiger partial charge is 0.0661 e. The Labute approximate surface area is 81.1 Å². The molecule has 1 unspecified atom stereocenters. The highest BCUT2D eigenvalue weighted by molar-refractivity contribution is 4.96. The van der Waals surface area contributed by atoms with Gasteiger partial charge in [0.15, 0.2) is 0 Å². The minimum Gasteiger partial charge on any atom is -0.198 e. The van der Waals surface area contributed by atoms with Gasteiger partial charge in [0.05, 0.1) is 12.0 Å². The van der Waals surface area contributed by atoms with Crippen molar-refractivity contribution in [1.29, 1.82) is 5.26 Å². The summed E-state index contributed by atoms with van der Waals surface area (Å²) in [5.74, 6) is 1.94. The lowest BCUT2D eigenvalue weighted by Gasteiger charge is -2.36. The Kier molecular flexibility index (Phi) is 2.88. The fourth-order valence-electron chi connectivity index (χ4n) is 2.89. The Bertz CT molecular complexity index is 194. The molecule has 0 bridgehead atoms. The third-order valence-corrected chi connectivity index (χ3v) is 3.96. The average molecular weight is 177 g/mol. The molecule has 0 heterocycles. The number of rotatable bonds is 2. The Balaban J connectivity index is 1.90. The molecule has 1 heteroatoms. The maximum absolute atomic E-state index is 9.16. The first-order valence-corrected chi connectivity index (χ1v) is 5.81. The zero-order valence-electron chi connectivity index (χ0n) is 8.34. The van der Waals surface area contributed by atoms with E-state index in [1.54, 1.807) is 0 Å². The molecular weight excluding hydrogens is 158 g/mol. The van der Waals surface area contributed by atoms with Gasteiger partial charge in [-0.25, -0.2) is 0 Å². The molecule has 1 atom stereocenters. The molecule has 13 heavy (non-hydrogen) atoms. The second-order valence-electron chi connectivity index (χ2n) is 4.74. The molecule has 2 fully saturated rings. The van der Waals surface area contributed by atoms with Crippen LogP contribution in [0.4, 0.5) is 0 Å². The molecule has 0 N–H and O–H groups in total. The Hall–Kier alpha value is -0.510. The van der Waals surface area contributed by atoms with Gasteiger partial charge in [-0.05, 0) is 37.5 Å². The summed E-state index contributed by atoms with van der Waals surface area (Å²) in [6.45, 7) is 0. The third-order valence-electron chi connectivity index (χ3n) is 3.96. The van der Waals surface area contributed by atoms with E-state index in [1.807, 2.05) is 0 Å². The van der Waals surface area contributed by atoms with Gasteiger partial charge >= 0.3 is 0 Å². The minimum absolute atomic E-state index is 0.411. The van der Waals surface area contributed by atoms with E-state index < -0.39 is 0 Å². The average Bonchev–Trinajstić information content (AvgIpc) is 2.12. The maximum Gasteiger partial charge on any atom is 0.0661 e. The van der Waals surface area contributed by atoms with Crippen LogP contribution in [0.3, 0.4) is 0 Å². The van der Waals surface area contributed by atoms with Crippen LogP contribution >= 0.6 is 0 Å². The zero-order chi connectivity index (χ0) is 9.10. The van der Waals surface area contributed by atoms with Gasteiger partial charge in [0, 0.05) is 0 Å². The first-order valence-electron chi connectivity index (χ1n) is 5.81. The highest BCUT2D eigenvalue weighted by Crippen LogP contribution is 2.41. The van der Waals surface area contributed by atoms with Crippen molar-refractivity contribution in [2.45, 2.75) is 51.4 Å². The molecule has 0 aromatic heterocycles. The standard InChI is InChI=1S/C12H19N/c13-9-12(11-7-4-8-11)10-5-2-1-3-6-10/h10-12H,1-8H2. The minimum atomic E-state index is 0.411. The molecule has 72 valence electrons. The summed E-state index contributed by atoms with van der Waals surface area (Å²) >= 11 is 0. The van der Waals surface area contributed by atoms with Gasteiger partial charge in [0.1, 0.15) is 0 Å². The first kappa shape index (κ1) is 9.06. The van der Waals surface area contributed by atoms with E-state index in [9.17, 15) is 0 Å². The van der Waals surface area contributed by atoms with Gasteiger partial charge in [-0.15, -0.1) is 0 Å². The zero-order valence-corrected chi connectivity index (χ0v) is 8.34. The van der Waals surface area contributed by atoms with E-state index in [1.165, 1.54) is 51.4 Å². The van der Waals surface area contributed by atoms with Gasteiger partial charge < -0.3 is 0 Å². The summed E-state index contributed by atoms with van der Waals surface area (Å²) < 4.78 is 0. The quantitative estimate of drug-likeness (QED) is 0.633. The van der Waals surface area contributed by atoms with Crippen LogP contribution in [-0.2, 0) is 0 Å². The Morgan fingerprint density at radius 3 is 1.77 bits per heavy atom. The molecule has 0 aliphatic heterocycles. The van der Waals surface area contributed by atoms with Crippen LogP contribution in [0.25, 0.3) is 0 Å². The van der Waals surface area contributed by atoms with Crippen molar-refractivity contribution in [1.82, 2.24) is 0 Å². The summed E-state index contributed by atoms with van der Waals surface area (Å²) in [5.41, 5.74) is 0. The predicted octanol–water partition coefficient (Wildman–Crippen LogP) is 3.51. The SMILES string of the molecule is N#CC(C1CCCCC1)C1CCC1. The lowest BCUT2D eigenvalue weighted by Crippen LogP contribution is -2.28. The molecule has 0 aromatic rings. The Morgan fingerprint density at radius 2 is 1.38 bits per heavy atom. The molecule has 2 aliphatic rings. The summed E-state index contributed by atoms with van der Waals surface area (Å²) in [6.07, 6.45) is 10.8. The second kappa shape index (κ2) is 4.13. The number of hydrogen-bond donors (Lipinski definition) is 0. The van der Waals surface area contributed by atoms with Crippen molar-refractivity contribution in [2.24, 2.45) is 17.8 Å². The van der Waals surface area contributed by atoms with Crippen LogP contribution in [0, 0.1) is 29.1 Å². The van der Waals surface area contributed by atoms with Gasteiger partial charge in [-0.3, -0.25) is 0 Å². The van der Waals surface area contributed by atoms with Gasteiger partial charge in [-0.2, -0.15) is 5.26 Å². The van der Waals surface area contributed by atoms with Crippen LogP contribution in [0.15, 0.2) is 0 Å². The molecule has 2 aliphatic carbocycles. The molecule has 0 aromatic carbocycles. The molecule has 2 saturated carbocycles. The molecule has 0 spiro atoms. The second-order valence-corrected chi connectivity index (χ2v) is 4.74. The van der Waals surface area contributed by atoms with E-state index in [4.69, 9.17) is 5.26 Å². The molecule has 1 nitrogen and oxygen atoms in total. The number of hydrogen-bond acceptors (Lipinski definition) is 1. The number of nitriles is 1. The van der Waals surface area contributed by atoms with Crippen LogP contribution < -0.4 is 0 Å². The fraction of sp³-hybridized carbons (Fsp3) is 0.917. The third kappa shape index (κ3) is 1.88. The predicted molar refractivity (Wildman–Crippen MR) is 53.0 cm³/mol. The van der Waals surface area contributed by atoms with E-state index in [0.29, 0.717) is 5.92 Å². The van der Waals surface area contributed by atoms with E-state index in [2.05, 4.69) is 6.07 Å². The van der Waals surface area contributed by atoms with Gasteiger partial charge in [0.2, 0.25) is 0 Å². The lowest BCUT2D eigenvalue weighted by molar-refractivity contribution is 0.159. The summed E-state index contributed by atoms with van der Waals surface area (Å²) in [7, 11) is 0. The van der Waals surface area contributed by atoms with Crippen molar-refractivity contribution in [3.8, 4) is 6.07 Å². The Morgan fingerprint density at radius 1 is 0.846 bits per heavy atom. The van der Waals surface area contributed by atoms with E-state index in [-0.39, 0.29) is 0 Å². The highest BCUT2D eigenvalue weighted by atomic mass is 14.4. The molecule has 0 radical (unpaired) electrons. The lowest BCUT2D eigenvalue weighted by atomic mass is 9.68. The largest absolute Gasteiger partial charge is 0.198 e. The van der Waals surface area contributed by atoms with Crippen molar-refractivity contribution in [3.05, 3.63) is 0 Å². The monoisotopic (exact) mass is 177 g/mol.